The topological polar surface area (TPSA) is 101 Å². The Morgan fingerprint density at radius 3 is 2.76 bits per heavy atom. The van der Waals surface area contributed by atoms with Crippen LogP contribution in [0.4, 0.5) is 19.0 Å². The van der Waals surface area contributed by atoms with Crippen molar-refractivity contribution >= 4 is 17.7 Å². The molecule has 0 aromatic carbocycles. The van der Waals surface area contributed by atoms with Crippen molar-refractivity contribution in [2.24, 2.45) is 11.8 Å². The van der Waals surface area contributed by atoms with Crippen molar-refractivity contribution in [1.29, 1.82) is 0 Å². The van der Waals surface area contributed by atoms with E-state index < -0.39 is 36.4 Å². The summed E-state index contributed by atoms with van der Waals surface area (Å²) in [6.07, 6.45) is 0.172. The van der Waals surface area contributed by atoms with Crippen molar-refractivity contribution in [3.63, 3.8) is 0 Å². The fraction of sp³-hybridized carbons (Fsp3) is 0.708. The van der Waals surface area contributed by atoms with Gasteiger partial charge in [0.15, 0.2) is 0 Å². The number of carbonyl (C=O) groups is 2. The number of anilines is 1. The van der Waals surface area contributed by atoms with E-state index in [-0.39, 0.29) is 25.6 Å². The first-order chi connectivity index (χ1) is 16.1. The molecule has 3 N–H and O–H groups in total. The van der Waals surface area contributed by atoms with Crippen LogP contribution < -0.4 is 10.6 Å². The predicted octanol–water partition coefficient (Wildman–Crippen LogP) is 4.11. The van der Waals surface area contributed by atoms with Crippen LogP contribution in [0.25, 0.3) is 0 Å². The van der Waals surface area contributed by atoms with E-state index in [1.54, 1.807) is 0 Å². The molecule has 1 amide bonds. The number of nitrogens with zero attached hydrogens (tertiary/aromatic N) is 1. The van der Waals surface area contributed by atoms with Gasteiger partial charge in [0, 0.05) is 31.2 Å². The molecule has 190 valence electrons. The Morgan fingerprint density at radius 1 is 1.32 bits per heavy atom. The van der Waals surface area contributed by atoms with Gasteiger partial charge in [0.05, 0.1) is 12.5 Å². The summed E-state index contributed by atoms with van der Waals surface area (Å²) in [5.41, 5.74) is 2.35. The molecule has 1 saturated carbocycles. The second kappa shape index (κ2) is 11.9. The van der Waals surface area contributed by atoms with Gasteiger partial charge in [-0.1, -0.05) is 13.0 Å². The maximum absolute atomic E-state index is 12.6. The molecule has 1 aromatic heterocycles. The lowest BCUT2D eigenvalue weighted by Crippen LogP contribution is -2.45. The van der Waals surface area contributed by atoms with Crippen LogP contribution in [0.3, 0.4) is 0 Å². The number of pyridine rings is 1. The molecule has 3 rings (SSSR count). The Hall–Kier alpha value is -2.36. The van der Waals surface area contributed by atoms with Gasteiger partial charge in [0.1, 0.15) is 11.9 Å². The van der Waals surface area contributed by atoms with Gasteiger partial charge < -0.3 is 20.5 Å². The molecular weight excluding hydrogens is 451 g/mol. The monoisotopic (exact) mass is 485 g/mol. The predicted molar refractivity (Wildman–Crippen MR) is 120 cm³/mol. The van der Waals surface area contributed by atoms with E-state index >= 15 is 0 Å². The normalized spacial score (nSPS) is 21.5. The molecule has 1 aliphatic heterocycles. The Balaban J connectivity index is 1.34. The Morgan fingerprint density at radius 2 is 2.09 bits per heavy atom. The number of fused-ring (bicyclic) bond motifs is 1. The first-order valence-corrected chi connectivity index (χ1v) is 12.1. The van der Waals surface area contributed by atoms with E-state index in [4.69, 9.17) is 9.72 Å². The van der Waals surface area contributed by atoms with Crippen LogP contribution >= 0.6 is 0 Å². The van der Waals surface area contributed by atoms with Crippen LogP contribution in [0.1, 0.15) is 63.1 Å². The van der Waals surface area contributed by atoms with E-state index in [1.807, 2.05) is 0 Å². The fourth-order valence-electron chi connectivity index (χ4n) is 4.51. The number of alkyl halides is 3. The molecular formula is C24H34F3N3O4. The number of carbonyl (C=O) groups excluding carboxylic acids is 1. The Labute approximate surface area is 197 Å². The summed E-state index contributed by atoms with van der Waals surface area (Å²) in [5, 5.41) is 14.9. The van der Waals surface area contributed by atoms with Crippen molar-refractivity contribution in [3.8, 4) is 0 Å². The van der Waals surface area contributed by atoms with Crippen molar-refractivity contribution in [1.82, 2.24) is 10.3 Å². The molecule has 1 aromatic rings. The maximum Gasteiger partial charge on any atom is 0.389 e. The lowest BCUT2D eigenvalue weighted by atomic mass is 9.79. The van der Waals surface area contributed by atoms with Crippen LogP contribution in [0.5, 0.6) is 0 Å². The smallest absolute Gasteiger partial charge is 0.389 e. The zero-order chi connectivity index (χ0) is 24.7. The number of carboxylic acid groups (broad SMARTS) is 1. The number of amides is 1. The number of rotatable bonds is 12. The van der Waals surface area contributed by atoms with Gasteiger partial charge in [-0.3, -0.25) is 4.79 Å². The minimum Gasteiger partial charge on any atom is -0.480 e. The van der Waals surface area contributed by atoms with E-state index in [0.717, 1.165) is 56.6 Å². The van der Waals surface area contributed by atoms with Gasteiger partial charge in [0.25, 0.3) is 0 Å². The molecule has 1 aliphatic carbocycles. The molecule has 2 atom stereocenters. The largest absolute Gasteiger partial charge is 0.480 e. The van der Waals surface area contributed by atoms with Crippen molar-refractivity contribution < 1.29 is 32.6 Å². The average molecular weight is 486 g/mol. The zero-order valence-electron chi connectivity index (χ0n) is 19.5. The van der Waals surface area contributed by atoms with Crippen LogP contribution in [0.2, 0.25) is 0 Å². The molecule has 0 bridgehead atoms. The molecule has 0 radical (unpaired) electrons. The summed E-state index contributed by atoms with van der Waals surface area (Å²) in [6.45, 7) is 2.56. The highest BCUT2D eigenvalue weighted by Crippen LogP contribution is 2.34. The summed E-state index contributed by atoms with van der Waals surface area (Å²) in [7, 11) is 0. The molecule has 2 heterocycles. The minimum atomic E-state index is -4.48. The number of aromatic nitrogens is 1. The summed E-state index contributed by atoms with van der Waals surface area (Å²) in [4.78, 5) is 28.3. The standard InChI is InChI=1S/C24H34F3N3O4/c1-2-16(14-24(25,26)27)22(31)30-20(23(32)33)9-11-34-19-12-15(13-19)5-7-18-8-6-17-4-3-10-28-21(17)29-18/h6,8,15-16,19-20H,2-5,7,9-14H2,1H3,(H,28,29)(H,30,31)(H,32,33)/t15?,16?,19?,20-/m0/s1. The minimum absolute atomic E-state index is 0.0107. The number of ether oxygens (including phenoxy) is 1. The van der Waals surface area contributed by atoms with Crippen molar-refractivity contribution in [2.45, 2.75) is 83.0 Å². The Bertz CT molecular complexity index is 843. The number of hydrogen-bond acceptors (Lipinski definition) is 5. The maximum atomic E-state index is 12.6. The fourth-order valence-corrected chi connectivity index (χ4v) is 4.51. The number of hydrogen-bond donors (Lipinski definition) is 3. The molecule has 7 nitrogen and oxygen atoms in total. The van der Waals surface area contributed by atoms with Crippen molar-refractivity contribution in [2.75, 3.05) is 18.5 Å². The van der Waals surface area contributed by atoms with Crippen LogP contribution in [0, 0.1) is 11.8 Å². The highest BCUT2D eigenvalue weighted by Gasteiger charge is 2.36. The van der Waals surface area contributed by atoms with E-state index in [1.165, 1.54) is 12.5 Å². The van der Waals surface area contributed by atoms with Gasteiger partial charge in [0.2, 0.25) is 5.91 Å². The molecule has 2 aliphatic rings. The number of halogens is 3. The van der Waals surface area contributed by atoms with Crippen LogP contribution in [-0.2, 0) is 27.2 Å². The molecule has 34 heavy (non-hydrogen) atoms. The van der Waals surface area contributed by atoms with Gasteiger partial charge in [-0.2, -0.15) is 13.2 Å². The summed E-state index contributed by atoms with van der Waals surface area (Å²) >= 11 is 0. The molecule has 1 unspecified atom stereocenters. The number of carboxylic acids is 1. The van der Waals surface area contributed by atoms with Gasteiger partial charge in [-0.05, 0) is 62.5 Å². The quantitative estimate of drug-likeness (QED) is 0.412. The van der Waals surface area contributed by atoms with E-state index in [0.29, 0.717) is 5.92 Å². The second-order valence-electron chi connectivity index (χ2n) is 9.32. The lowest BCUT2D eigenvalue weighted by molar-refractivity contribution is -0.156. The first-order valence-electron chi connectivity index (χ1n) is 12.1. The average Bonchev–Trinajstić information content (AvgIpc) is 2.76. The molecule has 1 fully saturated rings. The van der Waals surface area contributed by atoms with Crippen molar-refractivity contribution in [3.05, 3.63) is 23.4 Å². The molecule has 0 spiro atoms. The number of aliphatic carboxylic acids is 1. The SMILES string of the molecule is CCC(CC(F)(F)F)C(=O)N[C@@H](CCOC1CC(CCc2ccc3c(n2)NCCC3)C1)C(=O)O. The zero-order valence-corrected chi connectivity index (χ0v) is 19.5. The summed E-state index contributed by atoms with van der Waals surface area (Å²) in [5.74, 6) is -1.93. The van der Waals surface area contributed by atoms with Gasteiger partial charge >= 0.3 is 12.1 Å². The Kier molecular flexibility index (Phi) is 9.16. The lowest BCUT2D eigenvalue weighted by Gasteiger charge is -2.35. The highest BCUT2D eigenvalue weighted by molar-refractivity contribution is 5.84. The first kappa shape index (κ1) is 26.2. The molecule has 0 saturated heterocycles. The van der Waals surface area contributed by atoms with Crippen LogP contribution in [-0.4, -0.2) is 53.4 Å². The number of nitrogens with one attached hydrogen (secondary N) is 2. The van der Waals surface area contributed by atoms with E-state index in [2.05, 4.69) is 22.8 Å². The second-order valence-corrected chi connectivity index (χ2v) is 9.32. The third-order valence-corrected chi connectivity index (χ3v) is 6.67. The third-order valence-electron chi connectivity index (χ3n) is 6.67. The highest BCUT2D eigenvalue weighted by atomic mass is 19.4. The van der Waals surface area contributed by atoms with Crippen LogP contribution in [0.15, 0.2) is 12.1 Å². The summed E-state index contributed by atoms with van der Waals surface area (Å²) < 4.78 is 43.6. The van der Waals surface area contributed by atoms with Gasteiger partial charge in [-0.25, -0.2) is 9.78 Å². The molecule has 10 heteroatoms. The third kappa shape index (κ3) is 7.85. The summed E-state index contributed by atoms with van der Waals surface area (Å²) in [6, 6.07) is 2.98. The van der Waals surface area contributed by atoms with E-state index in [9.17, 15) is 27.9 Å². The van der Waals surface area contributed by atoms with Gasteiger partial charge in [-0.15, -0.1) is 0 Å². The number of aryl methyl sites for hydroxylation is 2.